The van der Waals surface area contributed by atoms with E-state index in [-0.39, 0.29) is 12.0 Å². The Morgan fingerprint density at radius 3 is 2.47 bits per heavy atom. The SMILES string of the molecule is CCOC(=O)C(NC)c1ccc(C)cc1. The molecule has 0 fully saturated rings. The van der Waals surface area contributed by atoms with E-state index in [9.17, 15) is 4.79 Å². The van der Waals surface area contributed by atoms with Crippen molar-refractivity contribution in [3.63, 3.8) is 0 Å². The molecule has 0 aliphatic rings. The number of rotatable bonds is 4. The van der Waals surface area contributed by atoms with E-state index in [1.165, 1.54) is 5.56 Å². The second-order valence-corrected chi connectivity index (χ2v) is 3.38. The van der Waals surface area contributed by atoms with Gasteiger partial charge in [-0.25, -0.2) is 4.79 Å². The first-order chi connectivity index (χ1) is 7.19. The number of hydrogen-bond acceptors (Lipinski definition) is 3. The molecule has 1 rings (SSSR count). The zero-order valence-electron chi connectivity index (χ0n) is 9.41. The molecule has 0 saturated heterocycles. The monoisotopic (exact) mass is 207 g/mol. The number of benzene rings is 1. The maximum absolute atomic E-state index is 11.6. The summed E-state index contributed by atoms with van der Waals surface area (Å²) < 4.78 is 4.98. The van der Waals surface area contributed by atoms with Gasteiger partial charge in [0, 0.05) is 0 Å². The van der Waals surface area contributed by atoms with Crippen LogP contribution in [0.25, 0.3) is 0 Å². The van der Waals surface area contributed by atoms with E-state index in [0.29, 0.717) is 6.61 Å². The maximum atomic E-state index is 11.6. The maximum Gasteiger partial charge on any atom is 0.327 e. The Kier molecular flexibility index (Phi) is 4.31. The van der Waals surface area contributed by atoms with Crippen LogP contribution in [-0.4, -0.2) is 19.6 Å². The highest BCUT2D eigenvalue weighted by Crippen LogP contribution is 2.14. The van der Waals surface area contributed by atoms with Crippen molar-refractivity contribution >= 4 is 5.97 Å². The molecule has 1 aromatic carbocycles. The average Bonchev–Trinajstić information content (AvgIpc) is 2.22. The third-order valence-electron chi connectivity index (χ3n) is 2.22. The van der Waals surface area contributed by atoms with Gasteiger partial charge in [0.2, 0.25) is 0 Å². The fourth-order valence-corrected chi connectivity index (χ4v) is 1.41. The number of carbonyl (C=O) groups is 1. The Morgan fingerprint density at radius 1 is 1.40 bits per heavy atom. The Hall–Kier alpha value is -1.35. The zero-order chi connectivity index (χ0) is 11.3. The lowest BCUT2D eigenvalue weighted by Crippen LogP contribution is -2.27. The van der Waals surface area contributed by atoms with Gasteiger partial charge in [0.05, 0.1) is 6.61 Å². The van der Waals surface area contributed by atoms with Crippen molar-refractivity contribution in [2.45, 2.75) is 19.9 Å². The van der Waals surface area contributed by atoms with Crippen LogP contribution in [0.15, 0.2) is 24.3 Å². The largest absolute Gasteiger partial charge is 0.465 e. The molecule has 0 spiro atoms. The number of carbonyl (C=O) groups excluding carboxylic acids is 1. The predicted octanol–water partition coefficient (Wildman–Crippen LogP) is 1.82. The van der Waals surface area contributed by atoms with Crippen LogP contribution >= 0.6 is 0 Å². The van der Waals surface area contributed by atoms with Crippen LogP contribution in [0.5, 0.6) is 0 Å². The highest BCUT2D eigenvalue weighted by Gasteiger charge is 2.19. The number of ether oxygens (including phenoxy) is 1. The zero-order valence-corrected chi connectivity index (χ0v) is 9.41. The first-order valence-electron chi connectivity index (χ1n) is 5.09. The third kappa shape index (κ3) is 3.06. The molecule has 82 valence electrons. The van der Waals surface area contributed by atoms with Gasteiger partial charge in [-0.3, -0.25) is 0 Å². The van der Waals surface area contributed by atoms with Gasteiger partial charge in [0.15, 0.2) is 0 Å². The molecule has 0 heterocycles. The molecule has 0 radical (unpaired) electrons. The van der Waals surface area contributed by atoms with E-state index < -0.39 is 0 Å². The van der Waals surface area contributed by atoms with Crippen molar-refractivity contribution < 1.29 is 9.53 Å². The summed E-state index contributed by atoms with van der Waals surface area (Å²) in [5.74, 6) is -0.233. The van der Waals surface area contributed by atoms with E-state index in [1.807, 2.05) is 31.2 Å². The number of esters is 1. The summed E-state index contributed by atoms with van der Waals surface area (Å²) in [7, 11) is 1.75. The molecule has 3 nitrogen and oxygen atoms in total. The van der Waals surface area contributed by atoms with Gasteiger partial charge in [-0.2, -0.15) is 0 Å². The molecule has 1 unspecified atom stereocenters. The number of aryl methyl sites for hydroxylation is 1. The topological polar surface area (TPSA) is 38.3 Å². The number of nitrogens with one attached hydrogen (secondary N) is 1. The van der Waals surface area contributed by atoms with Crippen molar-refractivity contribution in [3.8, 4) is 0 Å². The molecule has 0 aromatic heterocycles. The standard InChI is InChI=1S/C12H17NO2/c1-4-15-12(14)11(13-3)10-7-5-9(2)6-8-10/h5-8,11,13H,4H2,1-3H3. The fourth-order valence-electron chi connectivity index (χ4n) is 1.41. The smallest absolute Gasteiger partial charge is 0.327 e. The van der Waals surface area contributed by atoms with Crippen molar-refractivity contribution in [2.75, 3.05) is 13.7 Å². The van der Waals surface area contributed by atoms with Crippen LogP contribution in [-0.2, 0) is 9.53 Å². The molecule has 0 amide bonds. The summed E-state index contributed by atoms with van der Waals surface area (Å²) in [4.78, 5) is 11.6. The van der Waals surface area contributed by atoms with Crippen LogP contribution in [0.1, 0.15) is 24.1 Å². The molecule has 3 heteroatoms. The minimum absolute atomic E-state index is 0.233. The van der Waals surface area contributed by atoms with Crippen LogP contribution < -0.4 is 5.32 Å². The molecule has 1 atom stereocenters. The van der Waals surface area contributed by atoms with Gasteiger partial charge in [0.25, 0.3) is 0 Å². The van der Waals surface area contributed by atoms with Gasteiger partial charge in [0.1, 0.15) is 6.04 Å². The van der Waals surface area contributed by atoms with Crippen LogP contribution in [0, 0.1) is 6.92 Å². The second-order valence-electron chi connectivity index (χ2n) is 3.38. The summed E-state index contributed by atoms with van der Waals surface area (Å²) >= 11 is 0. The first kappa shape index (κ1) is 11.7. The molecule has 0 saturated carbocycles. The van der Waals surface area contributed by atoms with Crippen molar-refractivity contribution in [3.05, 3.63) is 35.4 Å². The minimum atomic E-state index is -0.370. The molecular formula is C12H17NO2. The lowest BCUT2D eigenvalue weighted by molar-refractivity contribution is -0.145. The third-order valence-corrected chi connectivity index (χ3v) is 2.22. The molecular weight excluding hydrogens is 190 g/mol. The Labute approximate surface area is 90.4 Å². The molecule has 1 aromatic rings. The van der Waals surface area contributed by atoms with Gasteiger partial charge < -0.3 is 10.1 Å². The van der Waals surface area contributed by atoms with Gasteiger partial charge in [-0.1, -0.05) is 29.8 Å². The van der Waals surface area contributed by atoms with E-state index >= 15 is 0 Å². The minimum Gasteiger partial charge on any atom is -0.465 e. The Morgan fingerprint density at radius 2 is 2.00 bits per heavy atom. The number of likely N-dealkylation sites (N-methyl/N-ethyl adjacent to an activating group) is 1. The van der Waals surface area contributed by atoms with Crippen molar-refractivity contribution in [2.24, 2.45) is 0 Å². The summed E-state index contributed by atoms with van der Waals surface area (Å²) in [6.07, 6.45) is 0. The molecule has 0 aliphatic carbocycles. The van der Waals surface area contributed by atoms with Crippen molar-refractivity contribution in [1.82, 2.24) is 5.32 Å². The van der Waals surface area contributed by atoms with E-state index in [1.54, 1.807) is 14.0 Å². The highest BCUT2D eigenvalue weighted by atomic mass is 16.5. The average molecular weight is 207 g/mol. The summed E-state index contributed by atoms with van der Waals surface area (Å²) in [6.45, 7) is 4.23. The molecule has 0 bridgehead atoms. The first-order valence-corrected chi connectivity index (χ1v) is 5.09. The lowest BCUT2D eigenvalue weighted by Gasteiger charge is -2.14. The lowest BCUT2D eigenvalue weighted by atomic mass is 10.1. The summed E-state index contributed by atoms with van der Waals surface area (Å²) in [6, 6.07) is 7.48. The van der Waals surface area contributed by atoms with E-state index in [4.69, 9.17) is 4.74 Å². The van der Waals surface area contributed by atoms with Gasteiger partial charge >= 0.3 is 5.97 Å². The van der Waals surface area contributed by atoms with Gasteiger partial charge in [-0.15, -0.1) is 0 Å². The second kappa shape index (κ2) is 5.51. The fraction of sp³-hybridized carbons (Fsp3) is 0.417. The van der Waals surface area contributed by atoms with Crippen molar-refractivity contribution in [1.29, 1.82) is 0 Å². The highest BCUT2D eigenvalue weighted by molar-refractivity contribution is 5.77. The normalized spacial score (nSPS) is 12.2. The quantitative estimate of drug-likeness (QED) is 0.765. The van der Waals surface area contributed by atoms with Crippen LogP contribution in [0.3, 0.4) is 0 Å². The molecule has 0 aliphatic heterocycles. The predicted molar refractivity (Wildman–Crippen MR) is 59.6 cm³/mol. The van der Waals surface area contributed by atoms with E-state index in [2.05, 4.69) is 5.32 Å². The summed E-state index contributed by atoms with van der Waals surface area (Å²) in [5, 5.41) is 2.95. The number of hydrogen-bond donors (Lipinski definition) is 1. The Bertz CT molecular complexity index is 319. The van der Waals surface area contributed by atoms with Crippen LogP contribution in [0.2, 0.25) is 0 Å². The Balaban J connectivity index is 2.82. The summed E-state index contributed by atoms with van der Waals surface area (Å²) in [5.41, 5.74) is 2.11. The van der Waals surface area contributed by atoms with Crippen LogP contribution in [0.4, 0.5) is 0 Å². The van der Waals surface area contributed by atoms with E-state index in [0.717, 1.165) is 5.56 Å². The molecule has 15 heavy (non-hydrogen) atoms. The molecule has 1 N–H and O–H groups in total. The van der Waals surface area contributed by atoms with Gasteiger partial charge in [-0.05, 0) is 26.5 Å².